The van der Waals surface area contributed by atoms with E-state index in [1.807, 2.05) is 43.5 Å². The molecule has 0 N–H and O–H groups in total. The number of ether oxygens (including phenoxy) is 3. The summed E-state index contributed by atoms with van der Waals surface area (Å²) in [6, 6.07) is 12.6. The number of nitrogens with zero attached hydrogens (tertiary/aromatic N) is 3. The van der Waals surface area contributed by atoms with E-state index in [0.29, 0.717) is 50.6 Å². The van der Waals surface area contributed by atoms with Gasteiger partial charge in [-0.1, -0.05) is 49.0 Å². The van der Waals surface area contributed by atoms with Crippen LogP contribution in [-0.4, -0.2) is 35.9 Å². The molecule has 0 fully saturated rings. The minimum Gasteiger partial charge on any atom is -0.497 e. The van der Waals surface area contributed by atoms with E-state index in [-0.39, 0.29) is 12.2 Å². The molecule has 0 radical (unpaired) electrons. The van der Waals surface area contributed by atoms with E-state index in [1.54, 1.807) is 43.9 Å². The van der Waals surface area contributed by atoms with Crippen LogP contribution < -0.4 is 24.4 Å². The van der Waals surface area contributed by atoms with Gasteiger partial charge in [0, 0.05) is 34.8 Å². The largest absolute Gasteiger partial charge is 0.497 e. The third-order valence-electron chi connectivity index (χ3n) is 7.06. The standard InChI is InChI=1S/C32H33N3O5S/c1-6-11-24-28(31(37)40-8-3)29(23-18-21(38-4)14-15-26(23)39-5)35-30(36)27(41-32(35)33-24)17-20-19-34(16-7-2)25-13-10-9-12-22(20)25/h7,9-10,12-15,17-19,29H,2,6,8,11,16H2,1,3-5H3/b27-17-/t29-/m0/s1. The molecule has 9 heteroatoms. The Morgan fingerprint density at radius 1 is 1.15 bits per heavy atom. The minimum atomic E-state index is -0.804. The molecule has 2 aromatic heterocycles. The van der Waals surface area contributed by atoms with Gasteiger partial charge in [0.1, 0.15) is 17.5 Å². The average molecular weight is 572 g/mol. The summed E-state index contributed by atoms with van der Waals surface area (Å²) in [5.41, 5.74) is 3.29. The van der Waals surface area contributed by atoms with Gasteiger partial charge >= 0.3 is 5.97 Å². The Morgan fingerprint density at radius 3 is 2.66 bits per heavy atom. The summed E-state index contributed by atoms with van der Waals surface area (Å²) in [4.78, 5) is 33.1. The number of carbonyl (C=O) groups excluding carboxylic acids is 1. The zero-order valence-electron chi connectivity index (χ0n) is 23.7. The number of benzene rings is 2. The average Bonchev–Trinajstić information content (AvgIpc) is 3.49. The summed E-state index contributed by atoms with van der Waals surface area (Å²) >= 11 is 1.31. The van der Waals surface area contributed by atoms with Gasteiger partial charge in [-0.3, -0.25) is 9.36 Å². The highest BCUT2D eigenvalue weighted by atomic mass is 32.1. The van der Waals surface area contributed by atoms with Crippen molar-refractivity contribution in [3.8, 4) is 11.5 Å². The molecule has 1 aliphatic rings. The van der Waals surface area contributed by atoms with Crippen molar-refractivity contribution in [3.05, 3.63) is 103 Å². The van der Waals surface area contributed by atoms with E-state index >= 15 is 0 Å². The van der Waals surface area contributed by atoms with Crippen molar-refractivity contribution in [3.63, 3.8) is 0 Å². The van der Waals surface area contributed by atoms with Gasteiger partial charge in [-0.2, -0.15) is 0 Å². The number of rotatable bonds is 10. The number of esters is 1. The maximum atomic E-state index is 14.2. The SMILES string of the molecule is C=CCn1cc(/C=c2\sc3n(c2=O)[C@@H](c2cc(OC)ccc2OC)C(C(=O)OCC)=C(CCC)N=3)c2ccccc21. The molecule has 0 unspecified atom stereocenters. The van der Waals surface area contributed by atoms with E-state index < -0.39 is 12.0 Å². The molecule has 0 bridgehead atoms. The Balaban J connectivity index is 1.81. The molecular weight excluding hydrogens is 538 g/mol. The fraction of sp³-hybridized carbons (Fsp3) is 0.281. The molecule has 212 valence electrons. The van der Waals surface area contributed by atoms with Crippen molar-refractivity contribution in [2.45, 2.75) is 39.3 Å². The predicted octanol–water partition coefficient (Wildman–Crippen LogP) is 4.74. The first-order chi connectivity index (χ1) is 19.9. The minimum absolute atomic E-state index is 0.197. The van der Waals surface area contributed by atoms with E-state index in [4.69, 9.17) is 19.2 Å². The number of fused-ring (bicyclic) bond motifs is 2. The van der Waals surface area contributed by atoms with Gasteiger partial charge in [0.15, 0.2) is 4.80 Å². The molecule has 0 amide bonds. The summed E-state index contributed by atoms with van der Waals surface area (Å²) in [6.45, 7) is 8.51. The molecule has 0 aliphatic carbocycles. The molecule has 8 nitrogen and oxygen atoms in total. The number of thiazole rings is 1. The van der Waals surface area contributed by atoms with Crippen LogP contribution in [0.2, 0.25) is 0 Å². The van der Waals surface area contributed by atoms with Crippen molar-refractivity contribution < 1.29 is 19.0 Å². The van der Waals surface area contributed by atoms with E-state index in [9.17, 15) is 9.59 Å². The molecule has 3 heterocycles. The van der Waals surface area contributed by atoms with E-state index in [0.717, 1.165) is 22.9 Å². The number of hydrogen-bond donors (Lipinski definition) is 0. The Kier molecular flexibility index (Phi) is 8.26. The van der Waals surface area contributed by atoms with Gasteiger partial charge in [-0.25, -0.2) is 9.79 Å². The second kappa shape index (κ2) is 12.0. The zero-order chi connectivity index (χ0) is 29.1. The molecule has 41 heavy (non-hydrogen) atoms. The van der Waals surface area contributed by atoms with Crippen LogP contribution in [0.5, 0.6) is 11.5 Å². The molecule has 2 aromatic carbocycles. The number of para-hydroxylation sites is 1. The molecule has 1 atom stereocenters. The third-order valence-corrected chi connectivity index (χ3v) is 8.04. The fourth-order valence-electron chi connectivity index (χ4n) is 5.29. The quantitative estimate of drug-likeness (QED) is 0.203. The number of allylic oxidation sites excluding steroid dienone is 2. The molecule has 0 saturated carbocycles. The van der Waals surface area contributed by atoms with Gasteiger partial charge in [-0.05, 0) is 43.7 Å². The van der Waals surface area contributed by atoms with Crippen LogP contribution in [0.25, 0.3) is 17.0 Å². The van der Waals surface area contributed by atoms with Crippen molar-refractivity contribution in [2.24, 2.45) is 4.99 Å². The van der Waals surface area contributed by atoms with Gasteiger partial charge in [-0.15, -0.1) is 6.58 Å². The molecule has 5 rings (SSSR count). The van der Waals surface area contributed by atoms with Gasteiger partial charge in [0.25, 0.3) is 5.56 Å². The maximum Gasteiger partial charge on any atom is 0.338 e. The van der Waals surface area contributed by atoms with Gasteiger partial charge in [0.05, 0.1) is 36.6 Å². The summed E-state index contributed by atoms with van der Waals surface area (Å²) in [6.07, 6.45) is 7.09. The highest BCUT2D eigenvalue weighted by Gasteiger charge is 2.36. The fourth-order valence-corrected chi connectivity index (χ4v) is 6.30. The van der Waals surface area contributed by atoms with Crippen molar-refractivity contribution in [2.75, 3.05) is 20.8 Å². The second-order valence-electron chi connectivity index (χ2n) is 9.56. The summed E-state index contributed by atoms with van der Waals surface area (Å²) < 4.78 is 21.0. The Morgan fingerprint density at radius 2 is 1.95 bits per heavy atom. The van der Waals surface area contributed by atoms with Gasteiger partial charge in [0.2, 0.25) is 0 Å². The van der Waals surface area contributed by atoms with Gasteiger partial charge < -0.3 is 18.8 Å². The molecule has 0 saturated heterocycles. The second-order valence-corrected chi connectivity index (χ2v) is 10.6. The molecule has 1 aliphatic heterocycles. The lowest BCUT2D eigenvalue weighted by Crippen LogP contribution is -2.40. The van der Waals surface area contributed by atoms with Crippen LogP contribution >= 0.6 is 11.3 Å². The van der Waals surface area contributed by atoms with E-state index in [2.05, 4.69) is 17.2 Å². The summed E-state index contributed by atoms with van der Waals surface area (Å²) in [7, 11) is 3.14. The smallest absolute Gasteiger partial charge is 0.338 e. The Hall–Kier alpha value is -4.37. The highest BCUT2D eigenvalue weighted by molar-refractivity contribution is 7.07. The number of hydrogen-bond acceptors (Lipinski definition) is 7. The summed E-state index contributed by atoms with van der Waals surface area (Å²) in [5.74, 6) is 0.601. The van der Waals surface area contributed by atoms with Crippen LogP contribution in [0.1, 0.15) is 43.9 Å². The maximum absolute atomic E-state index is 14.2. The lowest BCUT2D eigenvalue weighted by molar-refractivity contribution is -0.139. The number of methoxy groups -OCH3 is 2. The lowest BCUT2D eigenvalue weighted by Gasteiger charge is -2.27. The van der Waals surface area contributed by atoms with Crippen LogP contribution in [0.15, 0.2) is 82.4 Å². The van der Waals surface area contributed by atoms with Crippen LogP contribution in [0, 0.1) is 0 Å². The number of carbonyl (C=O) groups is 1. The Bertz CT molecular complexity index is 1840. The first kappa shape index (κ1) is 28.2. The molecular formula is C32H33N3O5S. The van der Waals surface area contributed by atoms with Crippen molar-refractivity contribution in [1.82, 2.24) is 9.13 Å². The first-order valence-corrected chi connectivity index (χ1v) is 14.4. The van der Waals surface area contributed by atoms with Crippen LogP contribution in [-0.2, 0) is 16.1 Å². The molecule has 0 spiro atoms. The predicted molar refractivity (Wildman–Crippen MR) is 161 cm³/mol. The Labute approximate surface area is 242 Å². The number of aromatic nitrogens is 2. The zero-order valence-corrected chi connectivity index (χ0v) is 24.5. The van der Waals surface area contributed by atoms with E-state index in [1.165, 1.54) is 11.3 Å². The normalized spacial score (nSPS) is 15.0. The topological polar surface area (TPSA) is 84.0 Å². The first-order valence-electron chi connectivity index (χ1n) is 13.6. The third kappa shape index (κ3) is 5.13. The van der Waals surface area contributed by atoms with Crippen LogP contribution in [0.4, 0.5) is 0 Å². The monoisotopic (exact) mass is 571 g/mol. The highest BCUT2D eigenvalue weighted by Crippen LogP contribution is 2.38. The van der Waals surface area contributed by atoms with Crippen LogP contribution in [0.3, 0.4) is 0 Å². The van der Waals surface area contributed by atoms with Crippen molar-refractivity contribution in [1.29, 1.82) is 0 Å². The summed E-state index contributed by atoms with van der Waals surface area (Å²) in [5, 5.41) is 1.03. The van der Waals surface area contributed by atoms with Crippen molar-refractivity contribution >= 4 is 34.3 Å². The molecule has 4 aromatic rings. The lowest BCUT2D eigenvalue weighted by atomic mass is 9.93.